The van der Waals surface area contributed by atoms with Crippen molar-refractivity contribution in [2.24, 2.45) is 0 Å². The van der Waals surface area contributed by atoms with Crippen LogP contribution >= 0.6 is 11.3 Å². The van der Waals surface area contributed by atoms with Gasteiger partial charge in [0, 0.05) is 5.69 Å². The Kier molecular flexibility index (Phi) is 3.72. The first-order chi connectivity index (χ1) is 8.29. The van der Waals surface area contributed by atoms with Crippen molar-refractivity contribution in [2.75, 3.05) is 11.9 Å². The molecule has 0 atom stereocenters. The summed E-state index contributed by atoms with van der Waals surface area (Å²) in [7, 11) is 0. The van der Waals surface area contributed by atoms with Crippen molar-refractivity contribution in [2.45, 2.75) is 6.92 Å². The number of nitrogens with one attached hydrogen (secondary N) is 1. The number of ether oxygens (including phenoxy) is 1. The molecule has 0 spiro atoms. The zero-order chi connectivity index (χ0) is 12.1. The highest BCUT2D eigenvalue weighted by Gasteiger charge is 2.11. The van der Waals surface area contributed by atoms with Gasteiger partial charge in [-0.1, -0.05) is 18.2 Å². The van der Waals surface area contributed by atoms with Crippen LogP contribution in [0.2, 0.25) is 0 Å². The molecule has 1 amide bonds. The first-order valence-corrected chi connectivity index (χ1v) is 6.12. The molecule has 2 rings (SSSR count). The first kappa shape index (κ1) is 11.6. The van der Waals surface area contributed by atoms with E-state index >= 15 is 0 Å². The molecule has 1 aromatic carbocycles. The Balaban J connectivity index is 2.04. The van der Waals surface area contributed by atoms with Crippen molar-refractivity contribution in [3.63, 3.8) is 0 Å². The highest BCUT2D eigenvalue weighted by molar-refractivity contribution is 7.12. The van der Waals surface area contributed by atoms with E-state index in [1.54, 1.807) is 5.38 Å². The smallest absolute Gasteiger partial charge is 0.284 e. The molecule has 88 valence electrons. The minimum atomic E-state index is -0.216. The number of benzene rings is 1. The molecule has 0 saturated heterocycles. The van der Waals surface area contributed by atoms with E-state index in [0.717, 1.165) is 5.69 Å². The van der Waals surface area contributed by atoms with Crippen LogP contribution in [0.25, 0.3) is 0 Å². The van der Waals surface area contributed by atoms with E-state index in [2.05, 4.69) is 10.3 Å². The summed E-state index contributed by atoms with van der Waals surface area (Å²) < 4.78 is 5.21. The zero-order valence-electron chi connectivity index (χ0n) is 9.34. The summed E-state index contributed by atoms with van der Waals surface area (Å²) in [6.45, 7) is 2.42. The molecule has 0 fully saturated rings. The van der Waals surface area contributed by atoms with E-state index in [1.165, 1.54) is 11.3 Å². The molecule has 5 heteroatoms. The number of carbonyl (C=O) groups excluding carboxylic acids is 1. The van der Waals surface area contributed by atoms with E-state index in [0.29, 0.717) is 17.5 Å². The van der Waals surface area contributed by atoms with Gasteiger partial charge in [0.15, 0.2) is 5.01 Å². The van der Waals surface area contributed by atoms with Crippen LogP contribution < -0.4 is 10.1 Å². The molecule has 17 heavy (non-hydrogen) atoms. The van der Waals surface area contributed by atoms with Gasteiger partial charge in [-0.25, -0.2) is 0 Å². The van der Waals surface area contributed by atoms with Crippen molar-refractivity contribution < 1.29 is 9.53 Å². The van der Waals surface area contributed by atoms with E-state index in [-0.39, 0.29) is 5.91 Å². The molecule has 1 heterocycles. The predicted octanol–water partition coefficient (Wildman–Crippen LogP) is 2.79. The van der Waals surface area contributed by atoms with E-state index < -0.39 is 0 Å². The number of para-hydroxylation sites is 1. The maximum Gasteiger partial charge on any atom is 0.284 e. The average Bonchev–Trinajstić information content (AvgIpc) is 2.79. The van der Waals surface area contributed by atoms with Crippen LogP contribution in [0.4, 0.5) is 5.69 Å². The predicted molar refractivity (Wildman–Crippen MR) is 67.7 cm³/mol. The van der Waals surface area contributed by atoms with E-state index in [9.17, 15) is 4.79 Å². The van der Waals surface area contributed by atoms with Crippen molar-refractivity contribution in [3.8, 4) is 5.88 Å². The minimum Gasteiger partial charge on any atom is -0.477 e. The van der Waals surface area contributed by atoms with Gasteiger partial charge in [0.2, 0.25) is 5.88 Å². The summed E-state index contributed by atoms with van der Waals surface area (Å²) in [4.78, 5) is 15.9. The number of carbonyl (C=O) groups is 1. The lowest BCUT2D eigenvalue weighted by molar-refractivity contribution is 0.102. The summed E-state index contributed by atoms with van der Waals surface area (Å²) in [6.07, 6.45) is 0. The van der Waals surface area contributed by atoms with Crippen molar-refractivity contribution in [3.05, 3.63) is 40.7 Å². The second-order valence-electron chi connectivity index (χ2n) is 3.24. The Labute approximate surface area is 103 Å². The third-order valence-corrected chi connectivity index (χ3v) is 2.82. The Morgan fingerprint density at radius 2 is 2.18 bits per heavy atom. The molecular weight excluding hydrogens is 236 g/mol. The highest BCUT2D eigenvalue weighted by Crippen LogP contribution is 2.17. The summed E-state index contributed by atoms with van der Waals surface area (Å²) >= 11 is 1.27. The maximum absolute atomic E-state index is 11.8. The molecule has 4 nitrogen and oxygen atoms in total. The largest absolute Gasteiger partial charge is 0.477 e. The summed E-state index contributed by atoms with van der Waals surface area (Å²) in [5, 5.41) is 4.89. The van der Waals surface area contributed by atoms with Crippen molar-refractivity contribution in [1.82, 2.24) is 4.98 Å². The number of thiazole rings is 1. The van der Waals surface area contributed by atoms with E-state index in [1.807, 2.05) is 37.3 Å². The number of hydrogen-bond acceptors (Lipinski definition) is 4. The lowest BCUT2D eigenvalue weighted by atomic mass is 10.3. The van der Waals surface area contributed by atoms with Gasteiger partial charge in [-0.2, -0.15) is 4.98 Å². The van der Waals surface area contributed by atoms with Gasteiger partial charge in [0.05, 0.1) is 12.0 Å². The van der Waals surface area contributed by atoms with Gasteiger partial charge < -0.3 is 10.1 Å². The fourth-order valence-electron chi connectivity index (χ4n) is 1.28. The molecule has 0 bridgehead atoms. The summed E-state index contributed by atoms with van der Waals surface area (Å²) in [5.41, 5.74) is 0.755. The van der Waals surface area contributed by atoms with Crippen LogP contribution in [0.15, 0.2) is 35.7 Å². The van der Waals surface area contributed by atoms with Gasteiger partial charge in [-0.15, -0.1) is 11.3 Å². The number of aromatic nitrogens is 1. The van der Waals surface area contributed by atoms with Gasteiger partial charge in [0.25, 0.3) is 5.91 Å². The summed E-state index contributed by atoms with van der Waals surface area (Å²) in [5.74, 6) is 0.280. The molecular formula is C12H12N2O2S. The Bertz CT molecular complexity index is 496. The standard InChI is InChI=1S/C12H12N2O2S/c1-2-16-10-8-17-12(14-10)11(15)13-9-6-4-3-5-7-9/h3-8H,2H2,1H3,(H,13,15). The minimum absolute atomic E-state index is 0.216. The van der Waals surface area contributed by atoms with Crippen LogP contribution in [0.5, 0.6) is 5.88 Å². The quantitative estimate of drug-likeness (QED) is 0.905. The Morgan fingerprint density at radius 3 is 2.88 bits per heavy atom. The number of anilines is 1. The molecule has 0 saturated carbocycles. The zero-order valence-corrected chi connectivity index (χ0v) is 10.2. The molecule has 0 aliphatic heterocycles. The highest BCUT2D eigenvalue weighted by atomic mass is 32.1. The van der Waals surface area contributed by atoms with Crippen LogP contribution in [-0.2, 0) is 0 Å². The average molecular weight is 248 g/mol. The number of hydrogen-bond donors (Lipinski definition) is 1. The molecule has 2 aromatic rings. The fraction of sp³-hybridized carbons (Fsp3) is 0.167. The molecule has 0 aliphatic rings. The molecule has 1 N–H and O–H groups in total. The number of rotatable bonds is 4. The SMILES string of the molecule is CCOc1csc(C(=O)Nc2ccccc2)n1. The van der Waals surface area contributed by atoms with Crippen LogP contribution in [0.3, 0.4) is 0 Å². The number of amides is 1. The molecule has 1 aromatic heterocycles. The second-order valence-corrected chi connectivity index (χ2v) is 4.10. The fourth-order valence-corrected chi connectivity index (χ4v) is 1.92. The van der Waals surface area contributed by atoms with E-state index in [4.69, 9.17) is 4.74 Å². The van der Waals surface area contributed by atoms with Gasteiger partial charge in [-0.05, 0) is 19.1 Å². The topological polar surface area (TPSA) is 51.2 Å². The third-order valence-electron chi connectivity index (χ3n) is 2.00. The van der Waals surface area contributed by atoms with Gasteiger partial charge >= 0.3 is 0 Å². The van der Waals surface area contributed by atoms with Gasteiger partial charge in [-0.3, -0.25) is 4.79 Å². The Hall–Kier alpha value is -1.88. The lowest BCUT2D eigenvalue weighted by Gasteiger charge is -2.01. The molecule has 0 aliphatic carbocycles. The molecule has 0 radical (unpaired) electrons. The van der Waals surface area contributed by atoms with Crippen molar-refractivity contribution >= 4 is 22.9 Å². The lowest BCUT2D eigenvalue weighted by Crippen LogP contribution is -2.11. The van der Waals surface area contributed by atoms with Crippen LogP contribution in [-0.4, -0.2) is 17.5 Å². The first-order valence-electron chi connectivity index (χ1n) is 5.24. The van der Waals surface area contributed by atoms with Crippen LogP contribution in [0.1, 0.15) is 16.7 Å². The second kappa shape index (κ2) is 5.45. The third kappa shape index (κ3) is 3.04. The normalized spacial score (nSPS) is 9.94. The van der Waals surface area contributed by atoms with Crippen LogP contribution in [0, 0.1) is 0 Å². The van der Waals surface area contributed by atoms with Crippen molar-refractivity contribution in [1.29, 1.82) is 0 Å². The number of nitrogens with zero attached hydrogens (tertiary/aromatic N) is 1. The Morgan fingerprint density at radius 1 is 1.41 bits per heavy atom. The van der Waals surface area contributed by atoms with Gasteiger partial charge in [0.1, 0.15) is 0 Å². The monoisotopic (exact) mass is 248 g/mol. The molecule has 0 unspecified atom stereocenters. The summed E-state index contributed by atoms with van der Waals surface area (Å²) in [6, 6.07) is 9.28. The maximum atomic E-state index is 11.8.